The van der Waals surface area contributed by atoms with E-state index in [2.05, 4.69) is 24.1 Å². The summed E-state index contributed by atoms with van der Waals surface area (Å²) in [6.45, 7) is 5.94. The van der Waals surface area contributed by atoms with Crippen molar-refractivity contribution in [3.8, 4) is 0 Å². The van der Waals surface area contributed by atoms with Crippen LogP contribution in [0.2, 0.25) is 5.15 Å². The second-order valence-electron chi connectivity index (χ2n) is 4.64. The standard InChI is InChI=1S/C12H17ClN2O/c1-9(10-3-5-14-11(13)7-10)15-12(2)4-6-16-8-12/h3,5,7,9,15H,4,6,8H2,1-2H3. The molecule has 3 nitrogen and oxygen atoms in total. The molecule has 0 aliphatic carbocycles. The number of halogens is 1. The molecule has 1 saturated heterocycles. The lowest BCUT2D eigenvalue weighted by molar-refractivity contribution is 0.167. The summed E-state index contributed by atoms with van der Waals surface area (Å²) in [5.41, 5.74) is 1.24. The number of hydrogen-bond acceptors (Lipinski definition) is 3. The van der Waals surface area contributed by atoms with Crippen LogP contribution in [0.5, 0.6) is 0 Å². The van der Waals surface area contributed by atoms with Gasteiger partial charge in [0.05, 0.1) is 6.61 Å². The van der Waals surface area contributed by atoms with Gasteiger partial charge >= 0.3 is 0 Å². The maximum Gasteiger partial charge on any atom is 0.129 e. The Morgan fingerprint density at radius 1 is 1.62 bits per heavy atom. The van der Waals surface area contributed by atoms with Crippen LogP contribution in [0.15, 0.2) is 18.3 Å². The fraction of sp³-hybridized carbons (Fsp3) is 0.583. The predicted molar refractivity (Wildman–Crippen MR) is 64.6 cm³/mol. The molecular weight excluding hydrogens is 224 g/mol. The number of nitrogens with zero attached hydrogens (tertiary/aromatic N) is 1. The van der Waals surface area contributed by atoms with Gasteiger partial charge in [0.25, 0.3) is 0 Å². The van der Waals surface area contributed by atoms with Crippen LogP contribution in [0.3, 0.4) is 0 Å². The van der Waals surface area contributed by atoms with Gasteiger partial charge < -0.3 is 10.1 Å². The van der Waals surface area contributed by atoms with Crippen LogP contribution in [0, 0.1) is 0 Å². The third-order valence-corrected chi connectivity index (χ3v) is 3.24. The Balaban J connectivity index is 2.05. The van der Waals surface area contributed by atoms with Gasteiger partial charge in [-0.05, 0) is 38.0 Å². The molecule has 0 saturated carbocycles. The summed E-state index contributed by atoms with van der Waals surface area (Å²) in [6.07, 6.45) is 2.79. The number of ether oxygens (including phenoxy) is 1. The van der Waals surface area contributed by atoms with Crippen LogP contribution in [-0.4, -0.2) is 23.7 Å². The molecule has 1 N–H and O–H groups in total. The van der Waals surface area contributed by atoms with Crippen molar-refractivity contribution in [3.63, 3.8) is 0 Å². The minimum atomic E-state index is 0.0785. The van der Waals surface area contributed by atoms with E-state index in [1.165, 1.54) is 0 Å². The minimum Gasteiger partial charge on any atom is -0.379 e. The molecule has 0 amide bonds. The highest BCUT2D eigenvalue weighted by Crippen LogP contribution is 2.23. The van der Waals surface area contributed by atoms with Gasteiger partial charge in [-0.3, -0.25) is 0 Å². The van der Waals surface area contributed by atoms with E-state index < -0.39 is 0 Å². The first-order chi connectivity index (χ1) is 7.59. The highest BCUT2D eigenvalue weighted by molar-refractivity contribution is 6.29. The van der Waals surface area contributed by atoms with Gasteiger partial charge in [0.1, 0.15) is 5.15 Å². The van der Waals surface area contributed by atoms with E-state index in [1.54, 1.807) is 6.20 Å². The van der Waals surface area contributed by atoms with E-state index in [4.69, 9.17) is 16.3 Å². The zero-order valence-electron chi connectivity index (χ0n) is 9.66. The van der Waals surface area contributed by atoms with Gasteiger partial charge in [0, 0.05) is 24.4 Å². The number of pyridine rings is 1. The quantitative estimate of drug-likeness (QED) is 0.825. The molecule has 2 heterocycles. The highest BCUT2D eigenvalue weighted by atomic mass is 35.5. The smallest absolute Gasteiger partial charge is 0.129 e. The molecule has 1 fully saturated rings. The van der Waals surface area contributed by atoms with Crippen molar-refractivity contribution in [3.05, 3.63) is 29.0 Å². The molecule has 1 aliphatic heterocycles. The van der Waals surface area contributed by atoms with Crippen molar-refractivity contribution >= 4 is 11.6 Å². The summed E-state index contributed by atoms with van der Waals surface area (Å²) in [5.74, 6) is 0. The molecule has 0 radical (unpaired) electrons. The van der Waals surface area contributed by atoms with Gasteiger partial charge in [-0.15, -0.1) is 0 Å². The molecule has 1 aromatic rings. The van der Waals surface area contributed by atoms with Crippen LogP contribution >= 0.6 is 11.6 Å². The van der Waals surface area contributed by atoms with E-state index in [0.717, 1.165) is 25.2 Å². The number of nitrogens with one attached hydrogen (secondary N) is 1. The van der Waals surface area contributed by atoms with E-state index in [-0.39, 0.29) is 11.6 Å². The molecular formula is C12H17ClN2O. The van der Waals surface area contributed by atoms with Gasteiger partial charge in [-0.2, -0.15) is 0 Å². The molecule has 0 aromatic carbocycles. The summed E-state index contributed by atoms with van der Waals surface area (Å²) in [7, 11) is 0. The second kappa shape index (κ2) is 4.70. The van der Waals surface area contributed by atoms with E-state index in [1.807, 2.05) is 12.1 Å². The molecule has 88 valence electrons. The van der Waals surface area contributed by atoms with E-state index in [9.17, 15) is 0 Å². The van der Waals surface area contributed by atoms with Crippen LogP contribution in [-0.2, 0) is 4.74 Å². The van der Waals surface area contributed by atoms with Gasteiger partial charge in [0.2, 0.25) is 0 Å². The molecule has 4 heteroatoms. The average molecular weight is 241 g/mol. The largest absolute Gasteiger partial charge is 0.379 e. The Hall–Kier alpha value is -0.640. The Labute approximate surface area is 101 Å². The molecule has 0 bridgehead atoms. The Morgan fingerprint density at radius 2 is 2.44 bits per heavy atom. The van der Waals surface area contributed by atoms with Crippen molar-refractivity contribution in [2.24, 2.45) is 0 Å². The Morgan fingerprint density at radius 3 is 3.06 bits per heavy atom. The van der Waals surface area contributed by atoms with Crippen LogP contribution in [0.1, 0.15) is 31.9 Å². The lowest BCUT2D eigenvalue weighted by Crippen LogP contribution is -2.44. The Kier molecular flexibility index (Phi) is 3.47. The predicted octanol–water partition coefficient (Wildman–Crippen LogP) is 2.56. The SMILES string of the molecule is CC(NC1(C)CCOC1)c1ccnc(Cl)c1. The maximum atomic E-state index is 5.88. The van der Waals surface area contributed by atoms with Gasteiger partial charge in [0.15, 0.2) is 0 Å². The monoisotopic (exact) mass is 240 g/mol. The summed E-state index contributed by atoms with van der Waals surface area (Å²) in [6, 6.07) is 4.15. The Bertz CT molecular complexity index is 364. The van der Waals surface area contributed by atoms with Crippen molar-refractivity contribution in [2.45, 2.75) is 31.8 Å². The van der Waals surface area contributed by atoms with Crippen LogP contribution in [0.25, 0.3) is 0 Å². The third kappa shape index (κ3) is 2.73. The fourth-order valence-electron chi connectivity index (χ4n) is 2.07. The lowest BCUT2D eigenvalue weighted by Gasteiger charge is -2.28. The van der Waals surface area contributed by atoms with Gasteiger partial charge in [-0.1, -0.05) is 11.6 Å². The molecule has 1 aromatic heterocycles. The van der Waals surface area contributed by atoms with Crippen molar-refractivity contribution in [1.29, 1.82) is 0 Å². The van der Waals surface area contributed by atoms with E-state index >= 15 is 0 Å². The normalized spacial score (nSPS) is 26.9. The summed E-state index contributed by atoms with van der Waals surface area (Å²) < 4.78 is 5.42. The molecule has 16 heavy (non-hydrogen) atoms. The molecule has 1 aliphatic rings. The van der Waals surface area contributed by atoms with Crippen molar-refractivity contribution < 1.29 is 4.74 Å². The van der Waals surface area contributed by atoms with Crippen LogP contribution in [0.4, 0.5) is 0 Å². The lowest BCUT2D eigenvalue weighted by atomic mass is 9.98. The fourth-order valence-corrected chi connectivity index (χ4v) is 2.26. The summed E-state index contributed by atoms with van der Waals surface area (Å²) in [5, 5.41) is 4.13. The van der Waals surface area contributed by atoms with Crippen LogP contribution < -0.4 is 5.32 Å². The minimum absolute atomic E-state index is 0.0785. The topological polar surface area (TPSA) is 34.1 Å². The first-order valence-corrected chi connectivity index (χ1v) is 5.94. The summed E-state index contributed by atoms with van der Waals surface area (Å²) in [4.78, 5) is 3.98. The molecule has 2 rings (SSSR count). The third-order valence-electron chi connectivity index (χ3n) is 3.03. The maximum absolute atomic E-state index is 5.88. The number of hydrogen-bond donors (Lipinski definition) is 1. The first kappa shape index (κ1) is 11.8. The number of aromatic nitrogens is 1. The summed E-state index contributed by atoms with van der Waals surface area (Å²) >= 11 is 5.88. The van der Waals surface area contributed by atoms with Crippen molar-refractivity contribution in [2.75, 3.05) is 13.2 Å². The molecule has 2 atom stereocenters. The highest BCUT2D eigenvalue weighted by Gasteiger charge is 2.30. The zero-order valence-corrected chi connectivity index (χ0v) is 10.4. The number of rotatable bonds is 3. The molecule has 0 spiro atoms. The van der Waals surface area contributed by atoms with Gasteiger partial charge in [-0.25, -0.2) is 4.98 Å². The first-order valence-electron chi connectivity index (χ1n) is 5.56. The van der Waals surface area contributed by atoms with E-state index in [0.29, 0.717) is 5.15 Å². The molecule has 2 unspecified atom stereocenters. The average Bonchev–Trinajstić information content (AvgIpc) is 2.65. The second-order valence-corrected chi connectivity index (χ2v) is 5.03. The zero-order chi connectivity index (χ0) is 11.6. The van der Waals surface area contributed by atoms with Crippen molar-refractivity contribution in [1.82, 2.24) is 10.3 Å².